The number of hydrogen-bond donors (Lipinski definition) is 2. The van der Waals surface area contributed by atoms with E-state index in [2.05, 4.69) is 15.0 Å². The monoisotopic (exact) mass is 347 g/mol. The zero-order chi connectivity index (χ0) is 17.3. The van der Waals surface area contributed by atoms with Crippen molar-refractivity contribution in [3.05, 3.63) is 59.4 Å². The first-order valence-corrected chi connectivity index (χ1v) is 8.58. The first-order valence-electron chi connectivity index (χ1n) is 7.09. The van der Waals surface area contributed by atoms with Crippen molar-refractivity contribution in [2.24, 2.45) is 4.99 Å². The normalized spacial score (nSPS) is 16.5. The minimum atomic E-state index is -3.65. The van der Waals surface area contributed by atoms with Gasteiger partial charge in [-0.1, -0.05) is 18.2 Å². The number of aliphatic imine (C=N–C) groups is 1. The molecule has 3 rings (SSSR count). The van der Waals surface area contributed by atoms with E-state index in [1.165, 1.54) is 18.2 Å². The van der Waals surface area contributed by atoms with Gasteiger partial charge in [-0.15, -0.1) is 0 Å². The highest BCUT2D eigenvalue weighted by atomic mass is 32.2. The maximum absolute atomic E-state index is 13.6. The van der Waals surface area contributed by atoms with Gasteiger partial charge in [0.2, 0.25) is 5.91 Å². The first kappa shape index (κ1) is 16.1. The maximum atomic E-state index is 13.6. The molecule has 0 fully saturated rings. The summed E-state index contributed by atoms with van der Waals surface area (Å²) in [4.78, 5) is 16.1. The smallest absolute Gasteiger partial charge is 0.263 e. The van der Waals surface area contributed by atoms with E-state index >= 15 is 0 Å². The van der Waals surface area contributed by atoms with E-state index in [1.807, 2.05) is 0 Å². The Bertz CT molecular complexity index is 955. The topological polar surface area (TPSA) is 87.6 Å². The number of amidine groups is 1. The molecule has 0 atom stereocenters. The van der Waals surface area contributed by atoms with Gasteiger partial charge in [-0.2, -0.15) is 0 Å². The van der Waals surface area contributed by atoms with E-state index in [9.17, 15) is 17.6 Å². The zero-order valence-electron chi connectivity index (χ0n) is 12.7. The lowest BCUT2D eigenvalue weighted by atomic mass is 10.2. The van der Waals surface area contributed by atoms with E-state index in [1.54, 1.807) is 31.2 Å². The largest absolute Gasteiger partial charge is 0.322 e. The second-order valence-electron chi connectivity index (χ2n) is 5.30. The summed E-state index contributed by atoms with van der Waals surface area (Å²) in [5, 5.41) is 2.42. The molecule has 6 nitrogen and oxygen atoms in total. The van der Waals surface area contributed by atoms with Gasteiger partial charge in [0.05, 0.1) is 10.6 Å². The fraction of sp³-hybridized carbons (Fsp3) is 0.125. The highest BCUT2D eigenvalue weighted by Gasteiger charge is 2.30. The van der Waals surface area contributed by atoms with Crippen LogP contribution in [0, 0.1) is 12.7 Å². The van der Waals surface area contributed by atoms with Gasteiger partial charge < -0.3 is 5.32 Å². The van der Waals surface area contributed by atoms with Gasteiger partial charge in [0.15, 0.2) is 0 Å². The van der Waals surface area contributed by atoms with Crippen molar-refractivity contribution in [3.8, 4) is 0 Å². The van der Waals surface area contributed by atoms with Gasteiger partial charge in [-0.25, -0.2) is 12.8 Å². The minimum absolute atomic E-state index is 0.0626. The Morgan fingerprint density at radius 1 is 1.25 bits per heavy atom. The van der Waals surface area contributed by atoms with E-state index in [-0.39, 0.29) is 23.0 Å². The van der Waals surface area contributed by atoms with Crippen molar-refractivity contribution in [1.29, 1.82) is 0 Å². The lowest BCUT2D eigenvalue weighted by Crippen LogP contribution is -2.24. The molecule has 2 aromatic rings. The summed E-state index contributed by atoms with van der Waals surface area (Å²) in [7, 11) is -3.65. The van der Waals surface area contributed by atoms with Crippen LogP contribution in [0.25, 0.3) is 0 Å². The fourth-order valence-corrected chi connectivity index (χ4v) is 3.58. The van der Waals surface area contributed by atoms with Crippen LogP contribution in [0.1, 0.15) is 11.1 Å². The molecule has 24 heavy (non-hydrogen) atoms. The average molecular weight is 347 g/mol. The first-order chi connectivity index (χ1) is 11.4. The molecule has 1 aliphatic rings. The van der Waals surface area contributed by atoms with Gasteiger partial charge in [-0.3, -0.25) is 14.5 Å². The van der Waals surface area contributed by atoms with Crippen LogP contribution in [0.5, 0.6) is 0 Å². The number of carbonyl (C=O) groups is 1. The molecule has 8 heteroatoms. The molecule has 0 unspecified atom stereocenters. The Kier molecular flexibility index (Phi) is 4.06. The van der Waals surface area contributed by atoms with Crippen LogP contribution in [-0.4, -0.2) is 26.7 Å². The molecule has 0 spiro atoms. The van der Waals surface area contributed by atoms with E-state index in [4.69, 9.17) is 0 Å². The van der Waals surface area contributed by atoms with Crippen molar-refractivity contribution < 1.29 is 17.6 Å². The molecule has 0 bridgehead atoms. The van der Waals surface area contributed by atoms with Gasteiger partial charge in [-0.05, 0) is 36.8 Å². The number of nitrogens with one attached hydrogen (secondary N) is 2. The molecule has 2 aromatic carbocycles. The average Bonchev–Trinajstić information content (AvgIpc) is 2.80. The van der Waals surface area contributed by atoms with Crippen molar-refractivity contribution >= 4 is 27.5 Å². The summed E-state index contributed by atoms with van der Waals surface area (Å²) >= 11 is 0. The van der Waals surface area contributed by atoms with Gasteiger partial charge in [0.25, 0.3) is 10.0 Å². The summed E-state index contributed by atoms with van der Waals surface area (Å²) in [6, 6.07) is 10.7. The number of amides is 1. The quantitative estimate of drug-likeness (QED) is 0.888. The van der Waals surface area contributed by atoms with Crippen LogP contribution >= 0.6 is 0 Å². The number of anilines is 1. The summed E-state index contributed by atoms with van der Waals surface area (Å²) in [5.41, 5.74) is 1.27. The van der Waals surface area contributed by atoms with Crippen molar-refractivity contribution in [3.63, 3.8) is 0 Å². The third kappa shape index (κ3) is 3.13. The standard InChI is InChI=1S/C16H14FN3O3S/c1-10-6-7-12(17)13(8-10)19-15(21)9-18-16-11-4-2-3-5-14(11)24(22,23)20-16/h2-8H,9H2,1H3,(H,18,20)(H,19,21). The van der Waals surface area contributed by atoms with Gasteiger partial charge in [0.1, 0.15) is 18.2 Å². The number of halogens is 1. The molecule has 1 heterocycles. The van der Waals surface area contributed by atoms with Gasteiger partial charge >= 0.3 is 0 Å². The lowest BCUT2D eigenvalue weighted by Gasteiger charge is -2.06. The maximum Gasteiger partial charge on any atom is 0.263 e. The second kappa shape index (κ2) is 6.04. The van der Waals surface area contributed by atoms with Crippen LogP contribution in [-0.2, 0) is 14.8 Å². The van der Waals surface area contributed by atoms with E-state index in [0.717, 1.165) is 5.56 Å². The molecule has 0 aliphatic carbocycles. The number of rotatable bonds is 3. The van der Waals surface area contributed by atoms with Crippen molar-refractivity contribution in [1.82, 2.24) is 4.72 Å². The second-order valence-corrected chi connectivity index (χ2v) is 6.95. The van der Waals surface area contributed by atoms with Crippen LogP contribution in [0.2, 0.25) is 0 Å². The molecule has 124 valence electrons. The predicted octanol–water partition coefficient (Wildman–Crippen LogP) is 1.81. The Balaban J connectivity index is 1.77. The summed E-state index contributed by atoms with van der Waals surface area (Å²) < 4.78 is 39.8. The van der Waals surface area contributed by atoms with Crippen LogP contribution < -0.4 is 10.0 Å². The molecule has 1 amide bonds. The number of sulfonamides is 1. The lowest BCUT2D eigenvalue weighted by molar-refractivity contribution is -0.114. The van der Waals surface area contributed by atoms with Crippen LogP contribution in [0.4, 0.5) is 10.1 Å². The molecule has 0 saturated carbocycles. The Hall–Kier alpha value is -2.74. The van der Waals surface area contributed by atoms with E-state index in [0.29, 0.717) is 5.56 Å². The van der Waals surface area contributed by atoms with E-state index < -0.39 is 21.7 Å². The third-order valence-corrected chi connectivity index (χ3v) is 4.84. The molecular weight excluding hydrogens is 333 g/mol. The van der Waals surface area contributed by atoms with Crippen LogP contribution in [0.15, 0.2) is 52.4 Å². The molecule has 0 saturated heterocycles. The highest BCUT2D eigenvalue weighted by Crippen LogP contribution is 2.22. The summed E-state index contributed by atoms with van der Waals surface area (Å²) in [5.74, 6) is -0.991. The fourth-order valence-electron chi connectivity index (χ4n) is 2.33. The number of hydrogen-bond acceptors (Lipinski definition) is 4. The van der Waals surface area contributed by atoms with Gasteiger partial charge in [0, 0.05) is 5.56 Å². The molecule has 2 N–H and O–H groups in total. The highest BCUT2D eigenvalue weighted by molar-refractivity contribution is 7.90. The number of benzene rings is 2. The number of nitrogens with zero attached hydrogens (tertiary/aromatic N) is 1. The molecular formula is C16H14FN3O3S. The number of carbonyl (C=O) groups excluding carboxylic acids is 1. The molecule has 1 aliphatic heterocycles. The molecule has 0 aromatic heterocycles. The SMILES string of the molecule is Cc1ccc(F)c(NC(=O)CN=C2NS(=O)(=O)c3ccccc32)c1. The Morgan fingerprint density at radius 3 is 2.79 bits per heavy atom. The van der Waals surface area contributed by atoms with Crippen LogP contribution in [0.3, 0.4) is 0 Å². The van der Waals surface area contributed by atoms with Crippen molar-refractivity contribution in [2.75, 3.05) is 11.9 Å². The Labute approximate surface area is 138 Å². The molecule has 0 radical (unpaired) electrons. The third-order valence-electron chi connectivity index (χ3n) is 3.44. The number of fused-ring (bicyclic) bond motifs is 1. The predicted molar refractivity (Wildman–Crippen MR) is 87.9 cm³/mol. The summed E-state index contributed by atoms with van der Waals surface area (Å²) in [6.45, 7) is 1.44. The minimum Gasteiger partial charge on any atom is -0.322 e. The summed E-state index contributed by atoms with van der Waals surface area (Å²) in [6.07, 6.45) is 0. The number of aryl methyl sites for hydroxylation is 1. The zero-order valence-corrected chi connectivity index (χ0v) is 13.5. The Morgan fingerprint density at radius 2 is 2.00 bits per heavy atom. The van der Waals surface area contributed by atoms with Crippen molar-refractivity contribution in [2.45, 2.75) is 11.8 Å².